The Kier molecular flexibility index (Phi) is 3.96. The van der Waals surface area contributed by atoms with Gasteiger partial charge < -0.3 is 10.2 Å². The summed E-state index contributed by atoms with van der Waals surface area (Å²) in [6.07, 6.45) is 1.22. The first kappa shape index (κ1) is 12.6. The first-order valence-corrected chi connectivity index (χ1v) is 6.27. The van der Waals surface area contributed by atoms with Crippen molar-refractivity contribution in [1.29, 1.82) is 5.26 Å². The molecule has 4 heteroatoms. The molecule has 1 heterocycles. The third kappa shape index (κ3) is 2.52. The molecule has 1 atom stereocenters. The summed E-state index contributed by atoms with van der Waals surface area (Å²) in [5.41, 5.74) is 2.18. The van der Waals surface area contributed by atoms with Gasteiger partial charge in [0.05, 0.1) is 12.5 Å². The van der Waals surface area contributed by atoms with Gasteiger partial charge in [0.1, 0.15) is 6.04 Å². The van der Waals surface area contributed by atoms with Gasteiger partial charge in [0, 0.05) is 18.8 Å². The van der Waals surface area contributed by atoms with Crippen LogP contribution in [0.5, 0.6) is 0 Å². The number of carbonyl (C=O) groups is 1. The number of nitriles is 1. The number of rotatable bonds is 3. The van der Waals surface area contributed by atoms with E-state index in [2.05, 4.69) is 12.2 Å². The molecule has 94 valence electrons. The Morgan fingerprint density at radius 1 is 1.44 bits per heavy atom. The van der Waals surface area contributed by atoms with Crippen molar-refractivity contribution in [3.8, 4) is 6.07 Å². The summed E-state index contributed by atoms with van der Waals surface area (Å²) in [6, 6.07) is 9.73. The first-order valence-electron chi connectivity index (χ1n) is 6.27. The van der Waals surface area contributed by atoms with E-state index in [9.17, 15) is 4.79 Å². The number of amides is 1. The van der Waals surface area contributed by atoms with Gasteiger partial charge >= 0.3 is 0 Å². The lowest BCUT2D eigenvalue weighted by atomic mass is 10.1. The van der Waals surface area contributed by atoms with Crippen LogP contribution in [0.15, 0.2) is 24.3 Å². The standard InChI is InChI=1S/C14H17N3O/c1-2-11-3-5-12(6-4-11)17-10-9-16-13(7-8-15)14(17)18/h3-6,13,16H,2,7,9-10H2,1H3. The largest absolute Gasteiger partial charge is 0.310 e. The van der Waals surface area contributed by atoms with Crippen LogP contribution in [0.25, 0.3) is 0 Å². The van der Waals surface area contributed by atoms with Crippen LogP contribution in [0.3, 0.4) is 0 Å². The van der Waals surface area contributed by atoms with Crippen LogP contribution in [0.1, 0.15) is 18.9 Å². The van der Waals surface area contributed by atoms with Crippen LogP contribution in [0.4, 0.5) is 5.69 Å². The molecular weight excluding hydrogens is 226 g/mol. The van der Waals surface area contributed by atoms with Gasteiger partial charge in [-0.25, -0.2) is 0 Å². The summed E-state index contributed by atoms with van der Waals surface area (Å²) in [6.45, 7) is 3.49. The lowest BCUT2D eigenvalue weighted by Gasteiger charge is -2.32. The van der Waals surface area contributed by atoms with E-state index >= 15 is 0 Å². The zero-order valence-electron chi connectivity index (χ0n) is 10.5. The molecule has 1 unspecified atom stereocenters. The lowest BCUT2D eigenvalue weighted by Crippen LogP contribution is -2.55. The molecular formula is C14H17N3O. The molecule has 1 aromatic rings. The van der Waals surface area contributed by atoms with Crippen molar-refractivity contribution >= 4 is 11.6 Å². The molecule has 1 amide bonds. The molecule has 4 nitrogen and oxygen atoms in total. The normalized spacial score (nSPS) is 19.7. The fourth-order valence-corrected chi connectivity index (χ4v) is 2.15. The minimum atomic E-state index is -0.366. The molecule has 0 aromatic heterocycles. The molecule has 1 N–H and O–H groups in total. The number of anilines is 1. The van der Waals surface area contributed by atoms with Crippen molar-refractivity contribution in [3.05, 3.63) is 29.8 Å². The van der Waals surface area contributed by atoms with Crippen LogP contribution < -0.4 is 10.2 Å². The predicted molar refractivity (Wildman–Crippen MR) is 70.2 cm³/mol. The number of nitrogens with zero attached hydrogens (tertiary/aromatic N) is 2. The molecule has 1 aliphatic rings. The van der Waals surface area contributed by atoms with Gasteiger partial charge in [-0.3, -0.25) is 4.79 Å². The Balaban J connectivity index is 2.16. The number of aryl methyl sites for hydroxylation is 1. The first-order chi connectivity index (χ1) is 8.76. The summed E-state index contributed by atoms with van der Waals surface area (Å²) < 4.78 is 0. The Hall–Kier alpha value is -1.86. The van der Waals surface area contributed by atoms with Crippen molar-refractivity contribution in [2.24, 2.45) is 0 Å². The number of piperazine rings is 1. The van der Waals surface area contributed by atoms with Crippen molar-refractivity contribution in [3.63, 3.8) is 0 Å². The van der Waals surface area contributed by atoms with Crippen molar-refractivity contribution < 1.29 is 4.79 Å². The van der Waals surface area contributed by atoms with E-state index < -0.39 is 0 Å². The van der Waals surface area contributed by atoms with Gasteiger partial charge in [-0.05, 0) is 24.1 Å². The van der Waals surface area contributed by atoms with Crippen LogP contribution >= 0.6 is 0 Å². The summed E-state index contributed by atoms with van der Waals surface area (Å²) in [5.74, 6) is -0.00736. The van der Waals surface area contributed by atoms with E-state index in [0.29, 0.717) is 6.54 Å². The molecule has 1 aliphatic heterocycles. The van der Waals surface area contributed by atoms with E-state index in [1.807, 2.05) is 30.3 Å². The molecule has 0 aliphatic carbocycles. The summed E-state index contributed by atoms with van der Waals surface area (Å²) in [4.78, 5) is 13.9. The van der Waals surface area contributed by atoms with E-state index in [1.165, 1.54) is 5.56 Å². The van der Waals surface area contributed by atoms with E-state index in [0.717, 1.165) is 18.7 Å². The molecule has 0 radical (unpaired) electrons. The second-order valence-electron chi connectivity index (χ2n) is 4.38. The Labute approximate surface area is 107 Å². The second kappa shape index (κ2) is 5.65. The van der Waals surface area contributed by atoms with Crippen molar-refractivity contribution in [2.45, 2.75) is 25.8 Å². The van der Waals surface area contributed by atoms with Crippen LogP contribution in [-0.2, 0) is 11.2 Å². The summed E-state index contributed by atoms with van der Waals surface area (Å²) >= 11 is 0. The van der Waals surface area contributed by atoms with Crippen LogP contribution in [0.2, 0.25) is 0 Å². The molecule has 2 rings (SSSR count). The van der Waals surface area contributed by atoms with Crippen molar-refractivity contribution in [1.82, 2.24) is 5.32 Å². The van der Waals surface area contributed by atoms with E-state index in [4.69, 9.17) is 5.26 Å². The SMILES string of the molecule is CCc1ccc(N2CCNC(CC#N)C2=O)cc1. The second-order valence-corrected chi connectivity index (χ2v) is 4.38. The lowest BCUT2D eigenvalue weighted by molar-refractivity contribution is -0.121. The average molecular weight is 243 g/mol. The number of hydrogen-bond donors (Lipinski definition) is 1. The van der Waals surface area contributed by atoms with E-state index in [-0.39, 0.29) is 18.4 Å². The third-order valence-electron chi connectivity index (χ3n) is 3.24. The topological polar surface area (TPSA) is 56.1 Å². The Morgan fingerprint density at radius 2 is 2.17 bits per heavy atom. The molecule has 1 aromatic carbocycles. The summed E-state index contributed by atoms with van der Waals surface area (Å²) in [5, 5.41) is 11.8. The highest BCUT2D eigenvalue weighted by Crippen LogP contribution is 2.18. The zero-order chi connectivity index (χ0) is 13.0. The molecule has 1 saturated heterocycles. The molecule has 0 bridgehead atoms. The Morgan fingerprint density at radius 3 is 2.78 bits per heavy atom. The Bertz CT molecular complexity index is 461. The van der Waals surface area contributed by atoms with Crippen LogP contribution in [-0.4, -0.2) is 25.0 Å². The highest BCUT2D eigenvalue weighted by molar-refractivity contribution is 5.98. The third-order valence-corrected chi connectivity index (χ3v) is 3.24. The van der Waals surface area contributed by atoms with E-state index in [1.54, 1.807) is 4.90 Å². The maximum absolute atomic E-state index is 12.2. The number of nitrogens with one attached hydrogen (secondary N) is 1. The fourth-order valence-electron chi connectivity index (χ4n) is 2.15. The predicted octanol–water partition coefficient (Wildman–Crippen LogP) is 1.47. The number of benzene rings is 1. The molecule has 0 spiro atoms. The molecule has 0 saturated carbocycles. The molecule has 1 fully saturated rings. The average Bonchev–Trinajstić information content (AvgIpc) is 2.42. The smallest absolute Gasteiger partial charge is 0.245 e. The van der Waals surface area contributed by atoms with Gasteiger partial charge in [-0.15, -0.1) is 0 Å². The highest BCUT2D eigenvalue weighted by Gasteiger charge is 2.28. The van der Waals surface area contributed by atoms with Gasteiger partial charge in [0.15, 0.2) is 0 Å². The maximum atomic E-state index is 12.2. The van der Waals surface area contributed by atoms with Crippen molar-refractivity contribution in [2.75, 3.05) is 18.0 Å². The van der Waals surface area contributed by atoms with Gasteiger partial charge in [-0.2, -0.15) is 5.26 Å². The monoisotopic (exact) mass is 243 g/mol. The van der Waals surface area contributed by atoms with Gasteiger partial charge in [0.2, 0.25) is 5.91 Å². The maximum Gasteiger partial charge on any atom is 0.245 e. The highest BCUT2D eigenvalue weighted by atomic mass is 16.2. The molecule has 18 heavy (non-hydrogen) atoms. The zero-order valence-corrected chi connectivity index (χ0v) is 10.5. The van der Waals surface area contributed by atoms with Crippen LogP contribution in [0, 0.1) is 11.3 Å². The summed E-state index contributed by atoms with van der Waals surface area (Å²) in [7, 11) is 0. The van der Waals surface area contributed by atoms with Gasteiger partial charge in [0.25, 0.3) is 0 Å². The quantitative estimate of drug-likeness (QED) is 0.874. The number of carbonyl (C=O) groups excluding carboxylic acids is 1. The fraction of sp³-hybridized carbons (Fsp3) is 0.429. The minimum absolute atomic E-state index is 0.00736. The van der Waals surface area contributed by atoms with Gasteiger partial charge in [-0.1, -0.05) is 19.1 Å². The minimum Gasteiger partial charge on any atom is -0.310 e. The number of hydrogen-bond acceptors (Lipinski definition) is 3.